The van der Waals surface area contributed by atoms with Crippen molar-refractivity contribution < 1.29 is 0 Å². The van der Waals surface area contributed by atoms with Crippen molar-refractivity contribution in [1.82, 2.24) is 14.7 Å². The van der Waals surface area contributed by atoms with E-state index in [1.807, 2.05) is 29.1 Å². The predicted molar refractivity (Wildman–Crippen MR) is 96.0 cm³/mol. The Bertz CT molecular complexity index is 782. The first-order valence-corrected chi connectivity index (χ1v) is 8.42. The van der Waals surface area contributed by atoms with E-state index in [1.54, 1.807) is 0 Å². The molecule has 0 aliphatic carbocycles. The molecule has 1 aromatic heterocycles. The number of nitrogens with zero attached hydrogens (tertiary/aromatic N) is 3. The molecule has 4 nitrogen and oxygen atoms in total. The molecule has 4 rings (SSSR count). The second-order valence-electron chi connectivity index (χ2n) is 6.45. The summed E-state index contributed by atoms with van der Waals surface area (Å²) in [6, 6.07) is 23.1. The van der Waals surface area contributed by atoms with Crippen molar-refractivity contribution in [2.24, 2.45) is 5.73 Å². The highest BCUT2D eigenvalue weighted by Gasteiger charge is 2.31. The quantitative estimate of drug-likeness (QED) is 0.804. The summed E-state index contributed by atoms with van der Waals surface area (Å²) in [4.78, 5) is 2.43. The molecule has 1 fully saturated rings. The maximum Gasteiger partial charge on any atom is 0.0649 e. The third kappa shape index (κ3) is 2.98. The number of hydrogen-bond acceptors (Lipinski definition) is 3. The van der Waals surface area contributed by atoms with Crippen molar-refractivity contribution in [3.05, 3.63) is 84.2 Å². The van der Waals surface area contributed by atoms with Gasteiger partial charge in [-0.25, -0.2) is 4.68 Å². The molecule has 122 valence electrons. The molecule has 0 bridgehead atoms. The van der Waals surface area contributed by atoms with Gasteiger partial charge in [-0.2, -0.15) is 5.10 Å². The fourth-order valence-electron chi connectivity index (χ4n) is 3.58. The lowest BCUT2D eigenvalue weighted by Crippen LogP contribution is -2.29. The summed E-state index contributed by atoms with van der Waals surface area (Å²) in [5.74, 6) is 0.402. The Morgan fingerprint density at radius 2 is 1.62 bits per heavy atom. The topological polar surface area (TPSA) is 47.1 Å². The molecule has 4 heteroatoms. The van der Waals surface area contributed by atoms with Gasteiger partial charge in [-0.05, 0) is 23.8 Å². The fraction of sp³-hybridized carbons (Fsp3) is 0.250. The van der Waals surface area contributed by atoms with Crippen molar-refractivity contribution in [3.8, 4) is 5.69 Å². The fourth-order valence-corrected chi connectivity index (χ4v) is 3.58. The smallest absolute Gasteiger partial charge is 0.0649 e. The number of rotatable bonds is 4. The average Bonchev–Trinajstić information content (AvgIpc) is 3.23. The number of para-hydroxylation sites is 1. The van der Waals surface area contributed by atoms with Crippen LogP contribution in [-0.2, 0) is 6.54 Å². The van der Waals surface area contributed by atoms with E-state index in [4.69, 9.17) is 5.73 Å². The highest BCUT2D eigenvalue weighted by atomic mass is 15.3. The van der Waals surface area contributed by atoms with Crippen LogP contribution in [0.1, 0.15) is 17.2 Å². The zero-order valence-corrected chi connectivity index (χ0v) is 13.6. The second kappa shape index (κ2) is 6.59. The van der Waals surface area contributed by atoms with Gasteiger partial charge in [0.2, 0.25) is 0 Å². The summed E-state index contributed by atoms with van der Waals surface area (Å²) in [5.41, 5.74) is 10.0. The molecular weight excluding hydrogens is 296 g/mol. The maximum absolute atomic E-state index is 6.42. The predicted octanol–water partition coefficient (Wildman–Crippen LogP) is 2.80. The maximum atomic E-state index is 6.42. The van der Waals surface area contributed by atoms with E-state index in [2.05, 4.69) is 58.5 Å². The first-order valence-electron chi connectivity index (χ1n) is 8.42. The summed E-state index contributed by atoms with van der Waals surface area (Å²) in [5, 5.41) is 4.48. The Balaban J connectivity index is 1.51. The van der Waals surface area contributed by atoms with Crippen molar-refractivity contribution in [2.75, 3.05) is 13.1 Å². The van der Waals surface area contributed by atoms with Gasteiger partial charge in [0.25, 0.3) is 0 Å². The number of benzene rings is 2. The molecule has 0 saturated carbocycles. The summed E-state index contributed by atoms with van der Waals surface area (Å²) in [6.07, 6.45) is 1.87. The SMILES string of the molecule is N[C@@H]1CN(Cc2ccnn2-c2ccccc2)C[C@H]1c1ccccc1. The summed E-state index contributed by atoms with van der Waals surface area (Å²) < 4.78 is 2.02. The van der Waals surface area contributed by atoms with Crippen LogP contribution in [0.3, 0.4) is 0 Å². The van der Waals surface area contributed by atoms with Crippen molar-refractivity contribution in [1.29, 1.82) is 0 Å². The van der Waals surface area contributed by atoms with Crippen molar-refractivity contribution >= 4 is 0 Å². The summed E-state index contributed by atoms with van der Waals surface area (Å²) >= 11 is 0. The molecule has 0 spiro atoms. The third-order valence-corrected chi connectivity index (χ3v) is 4.78. The van der Waals surface area contributed by atoms with E-state index in [1.165, 1.54) is 11.3 Å². The van der Waals surface area contributed by atoms with E-state index in [0.29, 0.717) is 5.92 Å². The first kappa shape index (κ1) is 15.1. The van der Waals surface area contributed by atoms with Gasteiger partial charge in [-0.15, -0.1) is 0 Å². The van der Waals surface area contributed by atoms with E-state index in [9.17, 15) is 0 Å². The molecule has 2 heterocycles. The number of aromatic nitrogens is 2. The number of likely N-dealkylation sites (tertiary alicyclic amines) is 1. The molecule has 1 aliphatic heterocycles. The van der Waals surface area contributed by atoms with Gasteiger partial charge in [0, 0.05) is 37.8 Å². The molecule has 24 heavy (non-hydrogen) atoms. The number of hydrogen-bond donors (Lipinski definition) is 1. The minimum atomic E-state index is 0.181. The summed E-state index contributed by atoms with van der Waals surface area (Å²) in [6.45, 7) is 2.77. The van der Waals surface area contributed by atoms with Crippen LogP contribution in [0.15, 0.2) is 72.9 Å². The van der Waals surface area contributed by atoms with Crippen molar-refractivity contribution in [3.63, 3.8) is 0 Å². The molecule has 2 atom stereocenters. The number of nitrogens with two attached hydrogens (primary N) is 1. The molecular formula is C20H22N4. The highest BCUT2D eigenvalue weighted by molar-refractivity contribution is 5.32. The first-order chi connectivity index (χ1) is 11.8. The van der Waals surface area contributed by atoms with Crippen molar-refractivity contribution in [2.45, 2.75) is 18.5 Å². The van der Waals surface area contributed by atoms with Crippen LogP contribution in [-0.4, -0.2) is 33.8 Å². The molecule has 1 aliphatic rings. The largest absolute Gasteiger partial charge is 0.326 e. The van der Waals surface area contributed by atoms with Gasteiger partial charge < -0.3 is 5.73 Å². The average molecular weight is 318 g/mol. The van der Waals surface area contributed by atoms with Crippen LogP contribution in [0.5, 0.6) is 0 Å². The van der Waals surface area contributed by atoms with Crippen LogP contribution in [0.2, 0.25) is 0 Å². The Kier molecular flexibility index (Phi) is 4.15. The monoisotopic (exact) mass is 318 g/mol. The van der Waals surface area contributed by atoms with Gasteiger partial charge in [-0.1, -0.05) is 48.5 Å². The van der Waals surface area contributed by atoms with Gasteiger partial charge >= 0.3 is 0 Å². The molecule has 3 aromatic rings. The normalized spacial score (nSPS) is 21.2. The molecule has 1 saturated heterocycles. The van der Waals surface area contributed by atoms with Gasteiger partial charge in [0.05, 0.1) is 11.4 Å². The van der Waals surface area contributed by atoms with Gasteiger partial charge in [0.15, 0.2) is 0 Å². The lowest BCUT2D eigenvalue weighted by molar-refractivity contribution is 0.316. The Hall–Kier alpha value is -2.43. The Morgan fingerprint density at radius 3 is 2.38 bits per heavy atom. The molecule has 0 radical (unpaired) electrons. The van der Waals surface area contributed by atoms with Crippen LogP contribution in [0, 0.1) is 0 Å². The zero-order valence-electron chi connectivity index (χ0n) is 13.6. The van der Waals surface area contributed by atoms with Crippen LogP contribution < -0.4 is 5.73 Å². The van der Waals surface area contributed by atoms with E-state index in [-0.39, 0.29) is 6.04 Å². The standard InChI is InChI=1S/C20H22N4/c21-20-15-23(14-19(20)16-7-3-1-4-8-16)13-18-11-12-22-24(18)17-9-5-2-6-10-17/h1-12,19-20H,13-15,21H2/t19-,20+/m0/s1. The highest BCUT2D eigenvalue weighted by Crippen LogP contribution is 2.27. The third-order valence-electron chi connectivity index (χ3n) is 4.78. The van der Waals surface area contributed by atoms with Crippen LogP contribution >= 0.6 is 0 Å². The lowest BCUT2D eigenvalue weighted by Gasteiger charge is -2.17. The van der Waals surface area contributed by atoms with E-state index in [0.717, 1.165) is 25.3 Å². The van der Waals surface area contributed by atoms with E-state index < -0.39 is 0 Å². The zero-order chi connectivity index (χ0) is 16.4. The van der Waals surface area contributed by atoms with Crippen LogP contribution in [0.4, 0.5) is 0 Å². The van der Waals surface area contributed by atoms with E-state index >= 15 is 0 Å². The molecule has 2 aromatic carbocycles. The van der Waals surface area contributed by atoms with Gasteiger partial charge in [-0.3, -0.25) is 4.90 Å². The molecule has 0 amide bonds. The Labute approximate surface area is 142 Å². The molecule has 2 N–H and O–H groups in total. The minimum Gasteiger partial charge on any atom is -0.326 e. The van der Waals surface area contributed by atoms with Gasteiger partial charge in [0.1, 0.15) is 0 Å². The molecule has 0 unspecified atom stereocenters. The Morgan fingerprint density at radius 1 is 0.917 bits per heavy atom. The minimum absolute atomic E-state index is 0.181. The second-order valence-corrected chi connectivity index (χ2v) is 6.45. The summed E-state index contributed by atoms with van der Waals surface area (Å²) in [7, 11) is 0. The van der Waals surface area contributed by atoms with Crippen LogP contribution in [0.25, 0.3) is 5.69 Å². The lowest BCUT2D eigenvalue weighted by atomic mass is 9.95.